The predicted molar refractivity (Wildman–Crippen MR) is 70.3 cm³/mol. The predicted octanol–water partition coefficient (Wildman–Crippen LogP) is 2.27. The van der Waals surface area contributed by atoms with Gasteiger partial charge in [-0.15, -0.1) is 0 Å². The maximum atomic E-state index is 4.64. The first-order valence-corrected chi connectivity index (χ1v) is 6.76. The van der Waals surface area contributed by atoms with E-state index < -0.39 is 0 Å². The Labute approximate surface area is 109 Å². The summed E-state index contributed by atoms with van der Waals surface area (Å²) in [5.41, 5.74) is 2.14. The monoisotopic (exact) mass is 294 g/mol. The van der Waals surface area contributed by atoms with Gasteiger partial charge in [-0.2, -0.15) is 5.10 Å². The lowest BCUT2D eigenvalue weighted by Gasteiger charge is -2.19. The summed E-state index contributed by atoms with van der Waals surface area (Å²) in [6.45, 7) is 4.22. The molecular weight excluding hydrogens is 280 g/mol. The number of aryl methyl sites for hydroxylation is 1. The summed E-state index contributed by atoms with van der Waals surface area (Å²) in [5, 5.41) is 7.95. The van der Waals surface area contributed by atoms with E-state index in [0.717, 1.165) is 41.9 Å². The van der Waals surface area contributed by atoms with Crippen molar-refractivity contribution in [1.29, 1.82) is 0 Å². The summed E-state index contributed by atoms with van der Waals surface area (Å²) in [5.74, 6) is 1.50. The zero-order valence-corrected chi connectivity index (χ0v) is 11.4. The third-order valence-corrected chi connectivity index (χ3v) is 4.17. The first kappa shape index (κ1) is 11.2. The molecule has 0 unspecified atom stereocenters. The number of aromatic nitrogens is 3. The highest BCUT2D eigenvalue weighted by Crippen LogP contribution is 2.24. The van der Waals surface area contributed by atoms with E-state index in [1.807, 2.05) is 10.7 Å². The minimum Gasteiger partial charge on any atom is -0.317 e. The van der Waals surface area contributed by atoms with E-state index in [-0.39, 0.29) is 0 Å². The molecule has 0 atom stereocenters. The summed E-state index contributed by atoms with van der Waals surface area (Å²) in [6.07, 6.45) is 4.26. The quantitative estimate of drug-likeness (QED) is 0.877. The molecule has 1 aliphatic heterocycles. The number of nitrogens with one attached hydrogen (secondary N) is 1. The molecule has 0 radical (unpaired) electrons. The van der Waals surface area contributed by atoms with Gasteiger partial charge >= 0.3 is 0 Å². The van der Waals surface area contributed by atoms with E-state index in [1.54, 1.807) is 0 Å². The van der Waals surface area contributed by atoms with Gasteiger partial charge in [0.2, 0.25) is 0 Å². The number of fused-ring (bicyclic) bond motifs is 1. The highest BCUT2D eigenvalue weighted by atomic mass is 79.9. The van der Waals surface area contributed by atoms with Gasteiger partial charge in [-0.05, 0) is 60.4 Å². The van der Waals surface area contributed by atoms with Crippen LogP contribution in [0.1, 0.15) is 30.1 Å². The molecule has 3 heterocycles. The zero-order chi connectivity index (χ0) is 11.8. The second-order valence-electron chi connectivity index (χ2n) is 4.60. The lowest BCUT2D eigenvalue weighted by molar-refractivity contribution is 0.445. The molecule has 0 spiro atoms. The Hall–Kier alpha value is -0.940. The first-order valence-electron chi connectivity index (χ1n) is 5.97. The van der Waals surface area contributed by atoms with Crippen LogP contribution in [0.25, 0.3) is 5.65 Å². The van der Waals surface area contributed by atoms with E-state index in [0.29, 0.717) is 5.92 Å². The van der Waals surface area contributed by atoms with E-state index in [1.165, 1.54) is 5.56 Å². The Balaban J connectivity index is 2.00. The van der Waals surface area contributed by atoms with Crippen molar-refractivity contribution in [2.24, 2.45) is 0 Å². The summed E-state index contributed by atoms with van der Waals surface area (Å²) < 4.78 is 2.95. The molecule has 1 N–H and O–H groups in total. The van der Waals surface area contributed by atoms with Gasteiger partial charge in [0.25, 0.3) is 0 Å². The van der Waals surface area contributed by atoms with Crippen LogP contribution in [0.15, 0.2) is 16.7 Å². The molecule has 90 valence electrons. The van der Waals surface area contributed by atoms with Crippen molar-refractivity contribution >= 4 is 21.6 Å². The lowest BCUT2D eigenvalue weighted by Crippen LogP contribution is -2.27. The standard InChI is InChI=1S/C12H15BrN4/c1-8-6-11-15-12(9-2-4-14-5-3-9)16-17(11)7-10(8)13/h6-7,9,14H,2-5H2,1H3. The van der Waals surface area contributed by atoms with Gasteiger partial charge in [0, 0.05) is 16.6 Å². The number of pyridine rings is 1. The van der Waals surface area contributed by atoms with Crippen LogP contribution < -0.4 is 5.32 Å². The largest absolute Gasteiger partial charge is 0.317 e. The minimum absolute atomic E-state index is 0.509. The van der Waals surface area contributed by atoms with Gasteiger partial charge < -0.3 is 5.32 Å². The molecule has 1 saturated heterocycles. The van der Waals surface area contributed by atoms with Crippen molar-refractivity contribution in [3.8, 4) is 0 Å². The Kier molecular flexibility index (Phi) is 2.88. The molecule has 0 aliphatic carbocycles. The molecule has 4 nitrogen and oxygen atoms in total. The molecule has 17 heavy (non-hydrogen) atoms. The van der Waals surface area contributed by atoms with Crippen molar-refractivity contribution in [3.63, 3.8) is 0 Å². The zero-order valence-electron chi connectivity index (χ0n) is 9.78. The summed E-state index contributed by atoms with van der Waals surface area (Å²) in [4.78, 5) is 4.64. The van der Waals surface area contributed by atoms with Crippen LogP contribution in [0.5, 0.6) is 0 Å². The number of rotatable bonds is 1. The number of hydrogen-bond acceptors (Lipinski definition) is 3. The van der Waals surface area contributed by atoms with Crippen LogP contribution in [0.2, 0.25) is 0 Å². The average Bonchev–Trinajstić information content (AvgIpc) is 2.74. The topological polar surface area (TPSA) is 42.2 Å². The SMILES string of the molecule is Cc1cc2nc(C3CCNCC3)nn2cc1Br. The van der Waals surface area contributed by atoms with Gasteiger partial charge in [0.1, 0.15) is 0 Å². The molecule has 2 aromatic heterocycles. The Morgan fingerprint density at radius 2 is 2.18 bits per heavy atom. The summed E-state index contributed by atoms with van der Waals surface area (Å²) in [7, 11) is 0. The highest BCUT2D eigenvalue weighted by molar-refractivity contribution is 9.10. The number of nitrogens with zero attached hydrogens (tertiary/aromatic N) is 3. The van der Waals surface area contributed by atoms with Crippen LogP contribution in [-0.2, 0) is 0 Å². The maximum Gasteiger partial charge on any atom is 0.155 e. The van der Waals surface area contributed by atoms with Crippen molar-refractivity contribution < 1.29 is 0 Å². The van der Waals surface area contributed by atoms with E-state index in [4.69, 9.17) is 0 Å². The van der Waals surface area contributed by atoms with Crippen LogP contribution in [0.4, 0.5) is 0 Å². The van der Waals surface area contributed by atoms with Crippen LogP contribution in [0.3, 0.4) is 0 Å². The summed E-state index contributed by atoms with van der Waals surface area (Å²) >= 11 is 3.52. The van der Waals surface area contributed by atoms with Crippen LogP contribution in [0, 0.1) is 6.92 Å². The second-order valence-corrected chi connectivity index (χ2v) is 5.46. The van der Waals surface area contributed by atoms with Crippen molar-refractivity contribution in [2.75, 3.05) is 13.1 Å². The van der Waals surface area contributed by atoms with Gasteiger partial charge in [-0.3, -0.25) is 0 Å². The number of halogens is 1. The van der Waals surface area contributed by atoms with Gasteiger partial charge in [0.05, 0.1) is 0 Å². The smallest absolute Gasteiger partial charge is 0.155 e. The molecule has 0 bridgehead atoms. The third-order valence-electron chi connectivity index (χ3n) is 3.34. The normalized spacial score (nSPS) is 17.8. The average molecular weight is 295 g/mol. The molecule has 1 fully saturated rings. The highest BCUT2D eigenvalue weighted by Gasteiger charge is 2.19. The van der Waals surface area contributed by atoms with Gasteiger partial charge in [0.15, 0.2) is 11.5 Å². The van der Waals surface area contributed by atoms with Gasteiger partial charge in [-0.1, -0.05) is 0 Å². The Morgan fingerprint density at radius 1 is 1.41 bits per heavy atom. The maximum absolute atomic E-state index is 4.64. The van der Waals surface area contributed by atoms with Gasteiger partial charge in [-0.25, -0.2) is 9.50 Å². The molecule has 5 heteroatoms. The van der Waals surface area contributed by atoms with Crippen LogP contribution >= 0.6 is 15.9 Å². The molecule has 0 amide bonds. The molecule has 1 aliphatic rings. The Morgan fingerprint density at radius 3 is 2.94 bits per heavy atom. The van der Waals surface area contributed by atoms with E-state index in [2.05, 4.69) is 44.3 Å². The van der Waals surface area contributed by atoms with Crippen molar-refractivity contribution in [2.45, 2.75) is 25.7 Å². The minimum atomic E-state index is 0.509. The fourth-order valence-electron chi connectivity index (χ4n) is 2.27. The fraction of sp³-hybridized carbons (Fsp3) is 0.500. The second kappa shape index (κ2) is 4.38. The Bertz CT molecular complexity index is 504. The molecule has 0 saturated carbocycles. The third kappa shape index (κ3) is 2.09. The lowest BCUT2D eigenvalue weighted by atomic mass is 9.98. The first-order chi connectivity index (χ1) is 8.24. The number of hydrogen-bond donors (Lipinski definition) is 1. The van der Waals surface area contributed by atoms with E-state index >= 15 is 0 Å². The summed E-state index contributed by atoms with van der Waals surface area (Å²) in [6, 6.07) is 2.07. The molecule has 2 aromatic rings. The number of piperidine rings is 1. The fourth-order valence-corrected chi connectivity index (χ4v) is 2.58. The van der Waals surface area contributed by atoms with Crippen LogP contribution in [-0.4, -0.2) is 27.7 Å². The van der Waals surface area contributed by atoms with Crippen molar-refractivity contribution in [3.05, 3.63) is 28.1 Å². The molecular formula is C12H15BrN4. The molecule has 3 rings (SSSR count). The van der Waals surface area contributed by atoms with Crippen molar-refractivity contribution in [1.82, 2.24) is 19.9 Å². The van der Waals surface area contributed by atoms with E-state index in [9.17, 15) is 0 Å². The molecule has 0 aromatic carbocycles.